The van der Waals surface area contributed by atoms with Crippen LogP contribution in [0.15, 0.2) is 0 Å². The molecule has 3 N–H and O–H groups in total. The Labute approximate surface area is 123 Å². The van der Waals surface area contributed by atoms with Gasteiger partial charge in [0.25, 0.3) is 0 Å². The molecule has 1 unspecified atom stereocenters. The first kappa shape index (κ1) is 18.7. The van der Waals surface area contributed by atoms with Crippen molar-refractivity contribution in [3.63, 3.8) is 0 Å². The van der Waals surface area contributed by atoms with Gasteiger partial charge in [-0.1, -0.05) is 13.8 Å². The van der Waals surface area contributed by atoms with Crippen molar-refractivity contribution in [3.05, 3.63) is 0 Å². The predicted molar refractivity (Wildman–Crippen MR) is 80.5 cm³/mol. The van der Waals surface area contributed by atoms with Gasteiger partial charge in [0.2, 0.25) is 5.91 Å². The van der Waals surface area contributed by atoms with Gasteiger partial charge in [0.15, 0.2) is 0 Å². The second-order valence-electron chi connectivity index (χ2n) is 5.66. The highest BCUT2D eigenvalue weighted by Crippen LogP contribution is 2.17. The van der Waals surface area contributed by atoms with E-state index in [1.54, 1.807) is 0 Å². The molecule has 0 radical (unpaired) electrons. The number of nitrogens with one attached hydrogen (secondary N) is 2. The molecular formula is C14H29ClN2O2. The molecule has 1 heterocycles. The Balaban J connectivity index is 0.00000324. The van der Waals surface area contributed by atoms with Crippen molar-refractivity contribution in [2.75, 3.05) is 19.7 Å². The number of hydrogen-bond donors (Lipinski definition) is 3. The zero-order valence-corrected chi connectivity index (χ0v) is 13.0. The maximum atomic E-state index is 11.9. The van der Waals surface area contributed by atoms with Crippen LogP contribution in [0.2, 0.25) is 0 Å². The molecule has 0 aromatic heterocycles. The van der Waals surface area contributed by atoms with Crippen molar-refractivity contribution in [2.24, 2.45) is 11.8 Å². The molecule has 0 aromatic carbocycles. The minimum Gasteiger partial charge on any atom is -0.396 e. The van der Waals surface area contributed by atoms with Crippen molar-refractivity contribution in [1.82, 2.24) is 10.6 Å². The SMILES string of the molecule is CC(C)C(CCO)NC(=O)CCC1CCNCC1.Cl. The molecule has 1 aliphatic heterocycles. The number of halogens is 1. The fourth-order valence-corrected chi connectivity index (χ4v) is 2.50. The number of piperidine rings is 1. The lowest BCUT2D eigenvalue weighted by Gasteiger charge is -2.24. The molecule has 4 nitrogen and oxygen atoms in total. The Morgan fingerprint density at radius 2 is 2.00 bits per heavy atom. The van der Waals surface area contributed by atoms with Gasteiger partial charge in [0.1, 0.15) is 0 Å². The molecule has 0 bridgehead atoms. The molecule has 0 saturated carbocycles. The van der Waals surface area contributed by atoms with E-state index in [1.807, 2.05) is 0 Å². The molecule has 0 spiro atoms. The third-order valence-corrected chi connectivity index (χ3v) is 3.83. The smallest absolute Gasteiger partial charge is 0.220 e. The normalized spacial score (nSPS) is 17.9. The van der Waals surface area contributed by atoms with Crippen molar-refractivity contribution in [2.45, 2.75) is 52.0 Å². The van der Waals surface area contributed by atoms with E-state index in [2.05, 4.69) is 24.5 Å². The summed E-state index contributed by atoms with van der Waals surface area (Å²) in [4.78, 5) is 11.9. The van der Waals surface area contributed by atoms with E-state index in [-0.39, 0.29) is 31.0 Å². The third-order valence-electron chi connectivity index (χ3n) is 3.83. The zero-order chi connectivity index (χ0) is 13.4. The van der Waals surface area contributed by atoms with Gasteiger partial charge in [0, 0.05) is 19.1 Å². The van der Waals surface area contributed by atoms with Crippen LogP contribution in [0, 0.1) is 11.8 Å². The number of carbonyl (C=O) groups excluding carboxylic acids is 1. The lowest BCUT2D eigenvalue weighted by molar-refractivity contribution is -0.122. The second-order valence-corrected chi connectivity index (χ2v) is 5.66. The van der Waals surface area contributed by atoms with E-state index in [1.165, 1.54) is 12.8 Å². The minimum absolute atomic E-state index is 0. The number of hydrogen-bond acceptors (Lipinski definition) is 3. The first-order valence-electron chi connectivity index (χ1n) is 7.24. The van der Waals surface area contributed by atoms with Crippen LogP contribution < -0.4 is 10.6 Å². The Bertz CT molecular complexity index is 244. The highest BCUT2D eigenvalue weighted by Gasteiger charge is 2.18. The van der Waals surface area contributed by atoms with Crippen molar-refractivity contribution in [3.8, 4) is 0 Å². The van der Waals surface area contributed by atoms with Crippen molar-refractivity contribution in [1.29, 1.82) is 0 Å². The highest BCUT2D eigenvalue weighted by molar-refractivity contribution is 5.85. The van der Waals surface area contributed by atoms with Crippen LogP contribution in [0.1, 0.15) is 46.0 Å². The van der Waals surface area contributed by atoms with Crippen LogP contribution in [0.5, 0.6) is 0 Å². The lowest BCUT2D eigenvalue weighted by Crippen LogP contribution is -2.39. The zero-order valence-electron chi connectivity index (χ0n) is 12.2. The van der Waals surface area contributed by atoms with E-state index < -0.39 is 0 Å². The topological polar surface area (TPSA) is 61.4 Å². The molecule has 19 heavy (non-hydrogen) atoms. The van der Waals surface area contributed by atoms with E-state index >= 15 is 0 Å². The number of amides is 1. The summed E-state index contributed by atoms with van der Waals surface area (Å²) in [5.41, 5.74) is 0. The van der Waals surface area contributed by atoms with Crippen LogP contribution in [0.25, 0.3) is 0 Å². The number of carbonyl (C=O) groups is 1. The van der Waals surface area contributed by atoms with Gasteiger partial charge in [-0.05, 0) is 50.6 Å². The Morgan fingerprint density at radius 3 is 2.53 bits per heavy atom. The lowest BCUT2D eigenvalue weighted by atomic mass is 9.93. The number of aliphatic hydroxyl groups excluding tert-OH is 1. The quantitative estimate of drug-likeness (QED) is 0.669. The van der Waals surface area contributed by atoms with Crippen LogP contribution in [-0.2, 0) is 4.79 Å². The predicted octanol–water partition coefficient (Wildman–Crippen LogP) is 1.71. The first-order valence-corrected chi connectivity index (χ1v) is 7.24. The molecule has 114 valence electrons. The van der Waals surface area contributed by atoms with E-state index in [0.29, 0.717) is 24.7 Å². The summed E-state index contributed by atoms with van der Waals surface area (Å²) < 4.78 is 0. The van der Waals surface area contributed by atoms with Gasteiger partial charge in [-0.15, -0.1) is 12.4 Å². The maximum Gasteiger partial charge on any atom is 0.220 e. The van der Waals surface area contributed by atoms with E-state index in [9.17, 15) is 4.79 Å². The fraction of sp³-hybridized carbons (Fsp3) is 0.929. The summed E-state index contributed by atoms with van der Waals surface area (Å²) in [7, 11) is 0. The molecule has 5 heteroatoms. The standard InChI is InChI=1S/C14H28N2O2.ClH/c1-11(2)13(7-10-17)16-14(18)4-3-12-5-8-15-9-6-12;/h11-13,15,17H,3-10H2,1-2H3,(H,16,18);1H. The molecular weight excluding hydrogens is 264 g/mol. The molecule has 1 amide bonds. The van der Waals surface area contributed by atoms with Gasteiger partial charge >= 0.3 is 0 Å². The van der Waals surface area contributed by atoms with Gasteiger partial charge in [-0.3, -0.25) is 4.79 Å². The average molecular weight is 293 g/mol. The Kier molecular flexibility index (Phi) is 10.3. The Hall–Kier alpha value is -0.320. The summed E-state index contributed by atoms with van der Waals surface area (Å²) >= 11 is 0. The minimum atomic E-state index is 0. The summed E-state index contributed by atoms with van der Waals surface area (Å²) in [6.07, 6.45) is 4.66. The Morgan fingerprint density at radius 1 is 1.37 bits per heavy atom. The summed E-state index contributed by atoms with van der Waals surface area (Å²) in [5.74, 6) is 1.22. The average Bonchev–Trinajstić information content (AvgIpc) is 2.37. The van der Waals surface area contributed by atoms with E-state index in [4.69, 9.17) is 5.11 Å². The summed E-state index contributed by atoms with van der Waals surface area (Å²) in [6.45, 7) is 6.47. The van der Waals surface area contributed by atoms with Gasteiger partial charge < -0.3 is 15.7 Å². The molecule has 1 aliphatic rings. The monoisotopic (exact) mass is 292 g/mol. The van der Waals surface area contributed by atoms with Crippen molar-refractivity contribution < 1.29 is 9.90 Å². The molecule has 0 aromatic rings. The first-order chi connectivity index (χ1) is 8.63. The molecule has 1 fully saturated rings. The number of rotatable bonds is 7. The molecule has 0 aliphatic carbocycles. The largest absolute Gasteiger partial charge is 0.396 e. The third kappa shape index (κ3) is 7.75. The van der Waals surface area contributed by atoms with Gasteiger partial charge in [0.05, 0.1) is 0 Å². The van der Waals surface area contributed by atoms with Gasteiger partial charge in [-0.2, -0.15) is 0 Å². The maximum absolute atomic E-state index is 11.9. The summed E-state index contributed by atoms with van der Waals surface area (Å²) in [5, 5.41) is 15.4. The second kappa shape index (κ2) is 10.5. The van der Waals surface area contributed by atoms with Crippen LogP contribution in [0.3, 0.4) is 0 Å². The van der Waals surface area contributed by atoms with Crippen LogP contribution >= 0.6 is 12.4 Å². The molecule has 1 rings (SSSR count). The summed E-state index contributed by atoms with van der Waals surface area (Å²) in [6, 6.07) is 0.107. The molecule has 1 saturated heterocycles. The fourth-order valence-electron chi connectivity index (χ4n) is 2.50. The van der Waals surface area contributed by atoms with Crippen molar-refractivity contribution >= 4 is 18.3 Å². The van der Waals surface area contributed by atoms with Crippen LogP contribution in [0.4, 0.5) is 0 Å². The molecule has 1 atom stereocenters. The highest BCUT2D eigenvalue weighted by atomic mass is 35.5. The van der Waals surface area contributed by atoms with E-state index in [0.717, 1.165) is 19.5 Å². The van der Waals surface area contributed by atoms with Crippen LogP contribution in [-0.4, -0.2) is 36.8 Å². The number of aliphatic hydroxyl groups is 1. The van der Waals surface area contributed by atoms with Gasteiger partial charge in [-0.25, -0.2) is 0 Å².